The van der Waals surface area contributed by atoms with E-state index in [0.29, 0.717) is 12.2 Å². The largest absolute Gasteiger partial charge is 0.459 e. The first-order chi connectivity index (χ1) is 10.3. The van der Waals surface area contributed by atoms with Crippen molar-refractivity contribution in [1.29, 1.82) is 5.26 Å². The fourth-order valence-corrected chi connectivity index (χ4v) is 2.10. The monoisotopic (exact) mass is 304 g/mol. The average molecular weight is 304 g/mol. The summed E-state index contributed by atoms with van der Waals surface area (Å²) in [6.45, 7) is 6.16. The quantitative estimate of drug-likeness (QED) is 0.756. The van der Waals surface area contributed by atoms with Gasteiger partial charge in [0.05, 0.1) is 30.8 Å². The van der Waals surface area contributed by atoms with E-state index in [2.05, 4.69) is 6.07 Å². The summed E-state index contributed by atoms with van der Waals surface area (Å²) in [4.78, 5) is 13.8. The minimum atomic E-state index is -0.497. The normalized spacial score (nSPS) is 12.8. The molecule has 0 fully saturated rings. The van der Waals surface area contributed by atoms with Gasteiger partial charge in [0.1, 0.15) is 5.60 Å². The Morgan fingerprint density at radius 2 is 1.91 bits per heavy atom. The number of hydrogen-bond donors (Lipinski definition) is 0. The third-order valence-corrected chi connectivity index (χ3v) is 3.08. The molecule has 0 heterocycles. The molecule has 0 aliphatic carbocycles. The highest BCUT2D eigenvalue weighted by molar-refractivity contribution is 5.72. The van der Waals surface area contributed by atoms with Gasteiger partial charge in [-0.2, -0.15) is 5.26 Å². The van der Waals surface area contributed by atoms with Gasteiger partial charge in [-0.1, -0.05) is 12.1 Å². The molecule has 5 heteroatoms. The second kappa shape index (κ2) is 7.92. The molecule has 120 valence electrons. The van der Waals surface area contributed by atoms with Crippen LogP contribution in [0.15, 0.2) is 24.3 Å². The van der Waals surface area contributed by atoms with Crippen molar-refractivity contribution in [3.8, 4) is 6.07 Å². The summed E-state index contributed by atoms with van der Waals surface area (Å²) in [6.07, 6.45) is 0. The number of likely N-dealkylation sites (N-methyl/N-ethyl adjacent to an activating group) is 1. The number of nitriles is 1. The van der Waals surface area contributed by atoms with E-state index in [1.165, 1.54) is 0 Å². The van der Waals surface area contributed by atoms with Gasteiger partial charge in [0.2, 0.25) is 0 Å². The third kappa shape index (κ3) is 5.84. The van der Waals surface area contributed by atoms with Crippen LogP contribution in [-0.4, -0.2) is 43.8 Å². The van der Waals surface area contributed by atoms with Crippen LogP contribution in [-0.2, 0) is 14.3 Å². The Balaban J connectivity index is 2.80. The molecule has 0 N–H and O–H groups in total. The van der Waals surface area contributed by atoms with Gasteiger partial charge in [-0.25, -0.2) is 0 Å². The van der Waals surface area contributed by atoms with Crippen molar-refractivity contribution in [3.05, 3.63) is 35.4 Å². The van der Waals surface area contributed by atoms with Crippen LogP contribution in [0.25, 0.3) is 0 Å². The van der Waals surface area contributed by atoms with Gasteiger partial charge in [-0.05, 0) is 45.5 Å². The molecule has 0 aliphatic heterocycles. The number of hydrogen-bond acceptors (Lipinski definition) is 5. The summed E-state index contributed by atoms with van der Waals surface area (Å²) in [5.41, 5.74) is 1.10. The highest BCUT2D eigenvalue weighted by Crippen LogP contribution is 2.20. The summed E-state index contributed by atoms with van der Waals surface area (Å²) < 4.78 is 10.6. The smallest absolute Gasteiger partial charge is 0.320 e. The Morgan fingerprint density at radius 3 is 2.36 bits per heavy atom. The molecule has 0 bridgehead atoms. The number of carbonyl (C=O) groups excluding carboxylic acids is 1. The number of rotatable bonds is 6. The van der Waals surface area contributed by atoms with Crippen LogP contribution in [0.1, 0.15) is 37.9 Å². The van der Waals surface area contributed by atoms with E-state index < -0.39 is 5.60 Å². The van der Waals surface area contributed by atoms with Gasteiger partial charge in [0, 0.05) is 7.11 Å². The molecule has 1 aromatic rings. The number of ether oxygens (including phenoxy) is 2. The highest BCUT2D eigenvalue weighted by atomic mass is 16.6. The fourth-order valence-electron chi connectivity index (χ4n) is 2.10. The van der Waals surface area contributed by atoms with E-state index in [1.54, 1.807) is 19.2 Å². The van der Waals surface area contributed by atoms with Crippen molar-refractivity contribution in [2.45, 2.75) is 32.4 Å². The highest BCUT2D eigenvalue weighted by Gasteiger charge is 2.22. The minimum Gasteiger partial charge on any atom is -0.459 e. The summed E-state index contributed by atoms with van der Waals surface area (Å²) in [7, 11) is 3.48. The Bertz CT molecular complexity index is 526. The van der Waals surface area contributed by atoms with Crippen LogP contribution in [0.2, 0.25) is 0 Å². The van der Waals surface area contributed by atoms with E-state index in [0.717, 1.165) is 5.56 Å². The second-order valence-electron chi connectivity index (χ2n) is 6.21. The summed E-state index contributed by atoms with van der Waals surface area (Å²) >= 11 is 0. The number of esters is 1. The molecule has 22 heavy (non-hydrogen) atoms. The zero-order chi connectivity index (χ0) is 16.8. The third-order valence-electron chi connectivity index (χ3n) is 3.08. The van der Waals surface area contributed by atoms with E-state index in [4.69, 9.17) is 14.7 Å². The second-order valence-corrected chi connectivity index (χ2v) is 6.21. The molecule has 0 radical (unpaired) electrons. The van der Waals surface area contributed by atoms with Gasteiger partial charge in [0.15, 0.2) is 0 Å². The molecule has 0 saturated heterocycles. The Kier molecular flexibility index (Phi) is 6.54. The first kappa shape index (κ1) is 18.1. The molecule has 0 saturated carbocycles. The number of benzene rings is 1. The van der Waals surface area contributed by atoms with Crippen LogP contribution >= 0.6 is 0 Å². The van der Waals surface area contributed by atoms with Gasteiger partial charge >= 0.3 is 5.97 Å². The maximum Gasteiger partial charge on any atom is 0.320 e. The first-order valence-electron chi connectivity index (χ1n) is 7.18. The molecule has 1 unspecified atom stereocenters. The molecule has 0 spiro atoms. The van der Waals surface area contributed by atoms with Crippen molar-refractivity contribution >= 4 is 5.97 Å². The molecule has 0 aliphatic rings. The van der Waals surface area contributed by atoms with Gasteiger partial charge < -0.3 is 9.47 Å². The zero-order valence-electron chi connectivity index (χ0n) is 13.9. The molecule has 0 aromatic heterocycles. The van der Waals surface area contributed by atoms with Crippen LogP contribution in [0.4, 0.5) is 0 Å². The lowest BCUT2D eigenvalue weighted by molar-refractivity contribution is -0.156. The first-order valence-corrected chi connectivity index (χ1v) is 7.18. The van der Waals surface area contributed by atoms with Gasteiger partial charge in [-0.15, -0.1) is 0 Å². The lowest BCUT2D eigenvalue weighted by Crippen LogP contribution is -2.36. The fraction of sp³-hybridized carbons (Fsp3) is 0.529. The summed E-state index contributed by atoms with van der Waals surface area (Å²) in [6, 6.07) is 9.31. The molecule has 5 nitrogen and oxygen atoms in total. The SMILES string of the molecule is COCC(c1ccc(C#N)cc1)N(C)CC(=O)OC(C)(C)C. The van der Waals surface area contributed by atoms with Crippen LogP contribution < -0.4 is 0 Å². The predicted octanol–water partition coefficient (Wildman–Crippen LogP) is 2.52. The van der Waals surface area contributed by atoms with E-state index in [-0.39, 0.29) is 18.6 Å². The maximum atomic E-state index is 12.0. The summed E-state index contributed by atoms with van der Waals surface area (Å²) in [5, 5.41) is 8.86. The molecule has 1 rings (SSSR count). The van der Waals surface area contributed by atoms with Crippen molar-refractivity contribution in [1.82, 2.24) is 4.90 Å². The molecular weight excluding hydrogens is 280 g/mol. The number of carbonyl (C=O) groups is 1. The number of nitrogens with zero attached hydrogens (tertiary/aromatic N) is 2. The zero-order valence-corrected chi connectivity index (χ0v) is 13.9. The van der Waals surface area contributed by atoms with Crippen LogP contribution in [0.3, 0.4) is 0 Å². The molecule has 1 aromatic carbocycles. The molecular formula is C17H24N2O3. The van der Waals surface area contributed by atoms with Crippen molar-refractivity contribution in [2.24, 2.45) is 0 Å². The van der Waals surface area contributed by atoms with Crippen LogP contribution in [0.5, 0.6) is 0 Å². The van der Waals surface area contributed by atoms with Crippen LogP contribution in [0, 0.1) is 11.3 Å². The topological polar surface area (TPSA) is 62.6 Å². The lowest BCUT2D eigenvalue weighted by atomic mass is 10.0. The Morgan fingerprint density at radius 1 is 1.32 bits per heavy atom. The molecule has 1 atom stereocenters. The Labute approximate surface area is 132 Å². The standard InChI is InChI=1S/C17H24N2O3/c1-17(2,3)22-16(20)11-19(4)15(12-21-5)14-8-6-13(10-18)7-9-14/h6-9,15H,11-12H2,1-5H3. The van der Waals surface area contributed by atoms with E-state index in [1.807, 2.05) is 44.9 Å². The average Bonchev–Trinajstić information content (AvgIpc) is 2.42. The van der Waals surface area contributed by atoms with E-state index in [9.17, 15) is 4.79 Å². The predicted molar refractivity (Wildman–Crippen MR) is 84.2 cm³/mol. The molecule has 0 amide bonds. The minimum absolute atomic E-state index is 0.0785. The Hall–Kier alpha value is -1.90. The maximum absolute atomic E-state index is 12.0. The van der Waals surface area contributed by atoms with Crippen molar-refractivity contribution in [3.63, 3.8) is 0 Å². The van der Waals surface area contributed by atoms with Gasteiger partial charge in [-0.3, -0.25) is 9.69 Å². The van der Waals surface area contributed by atoms with E-state index >= 15 is 0 Å². The van der Waals surface area contributed by atoms with Gasteiger partial charge in [0.25, 0.3) is 0 Å². The summed E-state index contributed by atoms with van der Waals surface area (Å²) in [5.74, 6) is -0.273. The number of methoxy groups -OCH3 is 1. The van der Waals surface area contributed by atoms with Crippen molar-refractivity contribution in [2.75, 3.05) is 27.3 Å². The lowest BCUT2D eigenvalue weighted by Gasteiger charge is -2.28. The van der Waals surface area contributed by atoms with Crippen molar-refractivity contribution < 1.29 is 14.3 Å².